The highest BCUT2D eigenvalue weighted by Crippen LogP contribution is 2.33. The van der Waals surface area contributed by atoms with Crippen molar-refractivity contribution < 1.29 is 8.78 Å². The summed E-state index contributed by atoms with van der Waals surface area (Å²) in [6, 6.07) is 3.19. The lowest BCUT2D eigenvalue weighted by atomic mass is 10.2. The fourth-order valence-corrected chi connectivity index (χ4v) is 3.13. The van der Waals surface area contributed by atoms with E-state index in [2.05, 4.69) is 9.97 Å². The molecule has 0 aliphatic heterocycles. The van der Waals surface area contributed by atoms with Crippen molar-refractivity contribution in [1.82, 2.24) is 9.97 Å². The minimum Gasteiger partial charge on any atom is -0.383 e. The van der Waals surface area contributed by atoms with Gasteiger partial charge in [-0.15, -0.1) is 11.3 Å². The molecule has 2 aromatic heterocycles. The minimum absolute atomic E-state index is 0.231. The Morgan fingerprint density at radius 1 is 1.05 bits per heavy atom. The van der Waals surface area contributed by atoms with Crippen LogP contribution in [-0.2, 0) is 0 Å². The van der Waals surface area contributed by atoms with Crippen LogP contribution in [0.2, 0.25) is 0 Å². The lowest BCUT2D eigenvalue weighted by Gasteiger charge is -2.04. The maximum Gasteiger partial charge on any atom is 0.163 e. The van der Waals surface area contributed by atoms with Gasteiger partial charge in [0, 0.05) is 16.5 Å². The molecule has 0 aliphatic carbocycles. The molecule has 0 saturated heterocycles. The number of rotatable bonds is 1. The molecule has 0 spiro atoms. The normalized spacial score (nSPS) is 11.2. The Hall–Kier alpha value is -2.08. The molecule has 3 aromatic rings. The van der Waals surface area contributed by atoms with Gasteiger partial charge >= 0.3 is 0 Å². The number of fused-ring (bicyclic) bond motifs is 1. The SMILES string of the molecule is Cc1sc2nc(-c3cc(F)cc(F)c3)nc(N)c2c1C. The van der Waals surface area contributed by atoms with Gasteiger partial charge in [0.25, 0.3) is 0 Å². The van der Waals surface area contributed by atoms with Crippen molar-refractivity contribution in [3.8, 4) is 11.4 Å². The van der Waals surface area contributed by atoms with Gasteiger partial charge in [-0.2, -0.15) is 0 Å². The highest BCUT2D eigenvalue weighted by molar-refractivity contribution is 7.18. The number of aryl methyl sites for hydroxylation is 2. The number of halogens is 2. The van der Waals surface area contributed by atoms with E-state index in [0.29, 0.717) is 5.82 Å². The summed E-state index contributed by atoms with van der Waals surface area (Å²) in [4.78, 5) is 10.4. The van der Waals surface area contributed by atoms with E-state index < -0.39 is 11.6 Å². The molecule has 3 rings (SSSR count). The predicted molar refractivity (Wildman–Crippen MR) is 76.7 cm³/mol. The lowest BCUT2D eigenvalue weighted by molar-refractivity contribution is 0.584. The molecule has 1 aromatic carbocycles. The first kappa shape index (κ1) is 12.9. The Morgan fingerprint density at radius 2 is 1.70 bits per heavy atom. The highest BCUT2D eigenvalue weighted by atomic mass is 32.1. The summed E-state index contributed by atoms with van der Waals surface area (Å²) >= 11 is 1.49. The molecule has 0 bridgehead atoms. The molecule has 6 heteroatoms. The number of hydrogen-bond acceptors (Lipinski definition) is 4. The molecule has 102 valence electrons. The van der Waals surface area contributed by atoms with Gasteiger partial charge in [-0.3, -0.25) is 0 Å². The van der Waals surface area contributed by atoms with Crippen LogP contribution in [0.15, 0.2) is 18.2 Å². The van der Waals surface area contributed by atoms with Crippen molar-refractivity contribution in [2.45, 2.75) is 13.8 Å². The van der Waals surface area contributed by atoms with E-state index in [-0.39, 0.29) is 11.4 Å². The second-order valence-electron chi connectivity index (χ2n) is 4.55. The Morgan fingerprint density at radius 3 is 2.35 bits per heavy atom. The molecule has 0 radical (unpaired) electrons. The zero-order chi connectivity index (χ0) is 14.4. The van der Waals surface area contributed by atoms with E-state index >= 15 is 0 Å². The molecule has 0 saturated carbocycles. The van der Waals surface area contributed by atoms with Gasteiger partial charge < -0.3 is 5.73 Å². The standard InChI is InChI=1S/C14H11F2N3S/c1-6-7(2)20-14-11(6)12(17)18-13(19-14)8-3-9(15)5-10(16)4-8/h3-5H,1-2H3,(H2,17,18,19). The highest BCUT2D eigenvalue weighted by Gasteiger charge is 2.14. The van der Waals surface area contributed by atoms with E-state index in [1.807, 2.05) is 13.8 Å². The van der Waals surface area contributed by atoms with Gasteiger partial charge in [0.05, 0.1) is 5.39 Å². The van der Waals surface area contributed by atoms with Crippen LogP contribution in [0.4, 0.5) is 14.6 Å². The number of thiophene rings is 1. The molecule has 20 heavy (non-hydrogen) atoms. The van der Waals surface area contributed by atoms with Gasteiger partial charge in [-0.05, 0) is 31.5 Å². The molecule has 2 N–H and O–H groups in total. The zero-order valence-electron chi connectivity index (χ0n) is 10.9. The summed E-state index contributed by atoms with van der Waals surface area (Å²) in [6.45, 7) is 3.93. The Balaban J connectivity index is 2.27. The number of anilines is 1. The van der Waals surface area contributed by atoms with Crippen molar-refractivity contribution in [2.24, 2.45) is 0 Å². The Kier molecular flexibility index (Phi) is 2.90. The molecule has 0 amide bonds. The van der Waals surface area contributed by atoms with Crippen molar-refractivity contribution in [1.29, 1.82) is 0 Å². The number of hydrogen-bond donors (Lipinski definition) is 1. The van der Waals surface area contributed by atoms with Crippen LogP contribution in [-0.4, -0.2) is 9.97 Å². The molecular weight excluding hydrogens is 280 g/mol. The molecule has 0 atom stereocenters. The fourth-order valence-electron chi connectivity index (χ4n) is 2.09. The summed E-state index contributed by atoms with van der Waals surface area (Å²) in [7, 11) is 0. The van der Waals surface area contributed by atoms with Gasteiger partial charge in [0.15, 0.2) is 5.82 Å². The topological polar surface area (TPSA) is 51.8 Å². The van der Waals surface area contributed by atoms with Gasteiger partial charge in [-0.25, -0.2) is 18.7 Å². The van der Waals surface area contributed by atoms with Crippen LogP contribution in [0.3, 0.4) is 0 Å². The maximum absolute atomic E-state index is 13.3. The van der Waals surface area contributed by atoms with Crippen LogP contribution in [0, 0.1) is 25.5 Å². The number of nitrogens with zero attached hydrogens (tertiary/aromatic N) is 2. The van der Waals surface area contributed by atoms with E-state index in [0.717, 1.165) is 26.7 Å². The van der Waals surface area contributed by atoms with E-state index in [4.69, 9.17) is 5.73 Å². The largest absolute Gasteiger partial charge is 0.383 e. The van der Waals surface area contributed by atoms with Crippen LogP contribution in [0.5, 0.6) is 0 Å². The average molecular weight is 291 g/mol. The van der Waals surface area contributed by atoms with Crippen LogP contribution < -0.4 is 5.73 Å². The van der Waals surface area contributed by atoms with Gasteiger partial charge in [0.2, 0.25) is 0 Å². The van der Waals surface area contributed by atoms with E-state index in [9.17, 15) is 8.78 Å². The first-order valence-corrected chi connectivity index (χ1v) is 6.77. The van der Waals surface area contributed by atoms with Gasteiger partial charge in [-0.1, -0.05) is 0 Å². The van der Waals surface area contributed by atoms with Crippen molar-refractivity contribution in [3.63, 3.8) is 0 Å². The summed E-state index contributed by atoms with van der Waals surface area (Å²) < 4.78 is 26.5. The third-order valence-electron chi connectivity index (χ3n) is 3.18. The fraction of sp³-hybridized carbons (Fsp3) is 0.143. The molecule has 2 heterocycles. The van der Waals surface area contributed by atoms with Crippen molar-refractivity contribution in [2.75, 3.05) is 5.73 Å². The number of nitrogens with two attached hydrogens (primary N) is 1. The summed E-state index contributed by atoms with van der Waals surface area (Å²) in [6.07, 6.45) is 0. The Labute approximate surface area is 118 Å². The number of nitrogen functional groups attached to an aromatic ring is 1. The second kappa shape index (κ2) is 4.49. The predicted octanol–water partition coefficient (Wildman–Crippen LogP) is 3.84. The lowest BCUT2D eigenvalue weighted by Crippen LogP contribution is -1.97. The van der Waals surface area contributed by atoms with Crippen LogP contribution in [0.25, 0.3) is 21.6 Å². The Bertz CT molecular complexity index is 807. The van der Waals surface area contributed by atoms with Crippen molar-refractivity contribution >= 4 is 27.4 Å². The first-order valence-electron chi connectivity index (χ1n) is 5.95. The monoisotopic (exact) mass is 291 g/mol. The summed E-state index contributed by atoms with van der Waals surface area (Å²) in [5, 5.41) is 0.813. The zero-order valence-corrected chi connectivity index (χ0v) is 11.7. The smallest absolute Gasteiger partial charge is 0.163 e. The molecule has 0 fully saturated rings. The molecular formula is C14H11F2N3S. The van der Waals surface area contributed by atoms with Gasteiger partial charge in [0.1, 0.15) is 22.3 Å². The van der Waals surface area contributed by atoms with Crippen LogP contribution >= 0.6 is 11.3 Å². The first-order chi connectivity index (χ1) is 9.45. The molecule has 0 aliphatic rings. The third kappa shape index (κ3) is 2.02. The second-order valence-corrected chi connectivity index (χ2v) is 5.76. The summed E-state index contributed by atoms with van der Waals surface area (Å²) in [5.74, 6) is -0.771. The van der Waals surface area contributed by atoms with Crippen LogP contribution in [0.1, 0.15) is 10.4 Å². The third-order valence-corrected chi connectivity index (χ3v) is 4.28. The number of benzene rings is 1. The minimum atomic E-state index is -0.666. The summed E-state index contributed by atoms with van der Waals surface area (Å²) in [5.41, 5.74) is 7.27. The average Bonchev–Trinajstić information content (AvgIpc) is 2.64. The molecule has 3 nitrogen and oxygen atoms in total. The quantitative estimate of drug-likeness (QED) is 0.741. The van der Waals surface area contributed by atoms with E-state index in [1.165, 1.54) is 23.5 Å². The van der Waals surface area contributed by atoms with Crippen molar-refractivity contribution in [3.05, 3.63) is 40.3 Å². The number of aromatic nitrogens is 2. The maximum atomic E-state index is 13.3. The van der Waals surface area contributed by atoms with E-state index in [1.54, 1.807) is 0 Å². The molecule has 0 unspecified atom stereocenters.